The Labute approximate surface area is 107 Å². The second-order valence-corrected chi connectivity index (χ2v) is 4.25. The summed E-state index contributed by atoms with van der Waals surface area (Å²) < 4.78 is 7.32. The van der Waals surface area contributed by atoms with Crippen molar-refractivity contribution in [3.05, 3.63) is 41.9 Å². The van der Waals surface area contributed by atoms with Crippen LogP contribution in [0.5, 0.6) is 0 Å². The average molecular weight is 246 g/mol. The highest BCUT2D eigenvalue weighted by Gasteiger charge is 2.16. The third-order valence-electron chi connectivity index (χ3n) is 2.95. The molecule has 0 atom stereocenters. The summed E-state index contributed by atoms with van der Waals surface area (Å²) in [4.78, 5) is 16.4. The molecular weight excluding hydrogens is 228 g/mol. The number of Topliss-reactive ketones (excluding diaryl/α,β-unsaturated/α-hetero) is 1. The fourth-order valence-corrected chi connectivity index (χ4v) is 2.05. The number of aryl methyl sites for hydroxylation is 2. The quantitative estimate of drug-likeness (QED) is 0.736. The molecule has 0 spiro atoms. The van der Waals surface area contributed by atoms with E-state index in [-0.39, 0.29) is 5.78 Å². The van der Waals surface area contributed by atoms with Crippen LogP contribution in [0.2, 0.25) is 0 Å². The van der Waals surface area contributed by atoms with Gasteiger partial charge in [-0.25, -0.2) is 4.98 Å². The van der Waals surface area contributed by atoms with E-state index in [2.05, 4.69) is 11.9 Å². The Kier molecular flexibility index (Phi) is 3.97. The van der Waals surface area contributed by atoms with Crippen molar-refractivity contribution in [2.45, 2.75) is 39.7 Å². The van der Waals surface area contributed by atoms with Crippen LogP contribution in [-0.2, 0) is 19.4 Å². The number of ketones is 1. The second-order valence-electron chi connectivity index (χ2n) is 4.25. The Hall–Kier alpha value is -1.84. The van der Waals surface area contributed by atoms with Gasteiger partial charge in [-0.1, -0.05) is 13.8 Å². The first-order valence-electron chi connectivity index (χ1n) is 6.35. The Bertz CT molecular complexity index is 525. The van der Waals surface area contributed by atoms with Crippen molar-refractivity contribution in [3.8, 4) is 0 Å². The smallest absolute Gasteiger partial charge is 0.173 e. The largest absolute Gasteiger partial charge is 0.469 e. The molecule has 0 unspecified atom stereocenters. The van der Waals surface area contributed by atoms with Gasteiger partial charge in [0, 0.05) is 25.4 Å². The molecule has 0 amide bonds. The summed E-state index contributed by atoms with van der Waals surface area (Å²) in [6, 6.07) is 1.74. The molecule has 0 fully saturated rings. The molecule has 0 aromatic carbocycles. The summed E-state index contributed by atoms with van der Waals surface area (Å²) >= 11 is 0. The average Bonchev–Trinajstić information content (AvgIpc) is 2.98. The van der Waals surface area contributed by atoms with Gasteiger partial charge in [-0.05, 0) is 12.5 Å². The maximum atomic E-state index is 12.2. The van der Waals surface area contributed by atoms with E-state index in [1.54, 1.807) is 18.5 Å². The van der Waals surface area contributed by atoms with Crippen LogP contribution in [0.15, 0.2) is 29.1 Å². The van der Waals surface area contributed by atoms with Crippen LogP contribution in [0.1, 0.15) is 42.2 Å². The number of hydrogen-bond acceptors (Lipinski definition) is 3. The van der Waals surface area contributed by atoms with Gasteiger partial charge in [-0.2, -0.15) is 0 Å². The van der Waals surface area contributed by atoms with Gasteiger partial charge >= 0.3 is 0 Å². The van der Waals surface area contributed by atoms with Gasteiger partial charge in [0.25, 0.3) is 0 Å². The summed E-state index contributed by atoms with van der Waals surface area (Å²) in [7, 11) is 0. The molecule has 0 aliphatic carbocycles. The normalized spacial score (nSPS) is 10.8. The molecule has 18 heavy (non-hydrogen) atoms. The second kappa shape index (κ2) is 5.67. The van der Waals surface area contributed by atoms with Crippen LogP contribution < -0.4 is 0 Å². The number of carbonyl (C=O) groups excluding carboxylic acids is 1. The predicted octanol–water partition coefficient (Wildman–Crippen LogP) is 2.87. The number of aromatic nitrogens is 2. The summed E-state index contributed by atoms with van der Waals surface area (Å²) in [5, 5.41) is 0. The van der Waals surface area contributed by atoms with Crippen molar-refractivity contribution >= 4 is 5.78 Å². The van der Waals surface area contributed by atoms with Crippen molar-refractivity contribution in [2.75, 3.05) is 0 Å². The van der Waals surface area contributed by atoms with Crippen LogP contribution in [0.25, 0.3) is 0 Å². The lowest BCUT2D eigenvalue weighted by atomic mass is 10.1. The van der Waals surface area contributed by atoms with Crippen LogP contribution in [0, 0.1) is 0 Å². The number of hydrogen-bond donors (Lipinski definition) is 0. The molecule has 4 nitrogen and oxygen atoms in total. The molecule has 2 aromatic rings. The number of rotatable bonds is 6. The van der Waals surface area contributed by atoms with E-state index in [4.69, 9.17) is 4.42 Å². The van der Waals surface area contributed by atoms with E-state index in [9.17, 15) is 4.79 Å². The zero-order valence-electron chi connectivity index (χ0n) is 10.8. The minimum Gasteiger partial charge on any atom is -0.469 e. The number of imidazole rings is 1. The molecule has 4 heteroatoms. The first-order chi connectivity index (χ1) is 8.76. The predicted molar refractivity (Wildman–Crippen MR) is 68.6 cm³/mol. The monoisotopic (exact) mass is 246 g/mol. The van der Waals surface area contributed by atoms with Gasteiger partial charge < -0.3 is 8.98 Å². The molecule has 2 heterocycles. The molecule has 2 rings (SSSR count). The maximum Gasteiger partial charge on any atom is 0.173 e. The van der Waals surface area contributed by atoms with Crippen LogP contribution in [-0.4, -0.2) is 15.3 Å². The van der Waals surface area contributed by atoms with Crippen molar-refractivity contribution in [2.24, 2.45) is 0 Å². The molecule has 0 aliphatic rings. The topological polar surface area (TPSA) is 48.0 Å². The van der Waals surface area contributed by atoms with Crippen molar-refractivity contribution in [3.63, 3.8) is 0 Å². The minimum atomic E-state index is 0.0733. The van der Waals surface area contributed by atoms with Gasteiger partial charge in [0.05, 0.1) is 18.2 Å². The molecule has 0 aliphatic heterocycles. The van der Waals surface area contributed by atoms with E-state index >= 15 is 0 Å². The number of furan rings is 1. The molecule has 0 saturated carbocycles. The zero-order valence-corrected chi connectivity index (χ0v) is 10.8. The minimum absolute atomic E-state index is 0.0733. The molecule has 0 bridgehead atoms. The third kappa shape index (κ3) is 2.53. The van der Waals surface area contributed by atoms with Gasteiger partial charge in [0.1, 0.15) is 11.6 Å². The lowest BCUT2D eigenvalue weighted by molar-refractivity contribution is 0.0988. The number of carbonyl (C=O) groups is 1. The first-order valence-corrected chi connectivity index (χ1v) is 6.35. The third-order valence-corrected chi connectivity index (χ3v) is 2.95. The number of nitrogens with zero attached hydrogens (tertiary/aromatic N) is 2. The summed E-state index contributed by atoms with van der Waals surface area (Å²) in [5.41, 5.74) is 0.684. The molecule has 96 valence electrons. The Morgan fingerprint density at radius 2 is 2.28 bits per heavy atom. The zero-order chi connectivity index (χ0) is 13.0. The van der Waals surface area contributed by atoms with E-state index in [0.29, 0.717) is 12.0 Å². The van der Waals surface area contributed by atoms with Gasteiger partial charge in [0.2, 0.25) is 0 Å². The molecule has 0 radical (unpaired) electrons. The Balaban J connectivity index is 2.14. The molecular formula is C14H18N2O2. The van der Waals surface area contributed by atoms with Gasteiger partial charge in [0.15, 0.2) is 5.78 Å². The Morgan fingerprint density at radius 1 is 1.44 bits per heavy atom. The highest BCUT2D eigenvalue weighted by molar-refractivity contribution is 5.98. The lowest BCUT2D eigenvalue weighted by Gasteiger charge is -2.05. The lowest BCUT2D eigenvalue weighted by Crippen LogP contribution is -2.10. The highest BCUT2D eigenvalue weighted by Crippen LogP contribution is 2.14. The van der Waals surface area contributed by atoms with Crippen molar-refractivity contribution in [1.29, 1.82) is 0 Å². The summed E-state index contributed by atoms with van der Waals surface area (Å²) in [6.07, 6.45) is 7.33. The van der Waals surface area contributed by atoms with E-state index in [0.717, 1.165) is 31.0 Å². The summed E-state index contributed by atoms with van der Waals surface area (Å²) in [5.74, 6) is 1.66. The fourth-order valence-electron chi connectivity index (χ4n) is 2.05. The van der Waals surface area contributed by atoms with Crippen LogP contribution in [0.4, 0.5) is 0 Å². The summed E-state index contributed by atoms with van der Waals surface area (Å²) in [6.45, 7) is 4.99. The van der Waals surface area contributed by atoms with Gasteiger partial charge in [-0.15, -0.1) is 0 Å². The molecule has 2 aromatic heterocycles. The molecule has 0 N–H and O–H groups in total. The van der Waals surface area contributed by atoms with E-state index in [1.165, 1.54) is 0 Å². The van der Waals surface area contributed by atoms with Gasteiger partial charge in [-0.3, -0.25) is 4.79 Å². The van der Waals surface area contributed by atoms with Crippen molar-refractivity contribution < 1.29 is 9.21 Å². The SMILES string of the molecule is CCCn1ccnc1CC(=O)c1ccoc1CC. The van der Waals surface area contributed by atoms with Crippen LogP contribution >= 0.6 is 0 Å². The van der Waals surface area contributed by atoms with E-state index < -0.39 is 0 Å². The van der Waals surface area contributed by atoms with Crippen LogP contribution in [0.3, 0.4) is 0 Å². The first kappa shape index (κ1) is 12.6. The fraction of sp³-hybridized carbons (Fsp3) is 0.429. The van der Waals surface area contributed by atoms with Crippen molar-refractivity contribution in [1.82, 2.24) is 9.55 Å². The highest BCUT2D eigenvalue weighted by atomic mass is 16.3. The standard InChI is InChI=1S/C14H18N2O2/c1-3-7-16-8-6-15-14(16)10-12(17)11-5-9-18-13(11)4-2/h5-6,8-9H,3-4,7,10H2,1-2H3. The Morgan fingerprint density at radius 3 is 3.00 bits per heavy atom. The maximum absolute atomic E-state index is 12.2. The van der Waals surface area contributed by atoms with E-state index in [1.807, 2.05) is 17.7 Å². The molecule has 0 saturated heterocycles.